The lowest BCUT2D eigenvalue weighted by atomic mass is 9.98. The summed E-state index contributed by atoms with van der Waals surface area (Å²) in [5.41, 5.74) is 4.22. The molecular formula is C24H25ClN2O3S. The molecule has 3 aromatic rings. The van der Waals surface area contributed by atoms with E-state index in [0.717, 1.165) is 22.4 Å². The number of anilines is 2. The molecule has 31 heavy (non-hydrogen) atoms. The van der Waals surface area contributed by atoms with Gasteiger partial charge in [0.05, 0.1) is 5.02 Å². The van der Waals surface area contributed by atoms with E-state index in [-0.39, 0.29) is 21.4 Å². The molecule has 0 fully saturated rings. The lowest BCUT2D eigenvalue weighted by Gasteiger charge is -2.17. The lowest BCUT2D eigenvalue weighted by molar-refractivity contribution is 0.102. The predicted molar refractivity (Wildman–Crippen MR) is 127 cm³/mol. The maximum Gasteiger partial charge on any atom is 0.263 e. The predicted octanol–water partition coefficient (Wildman–Crippen LogP) is 6.13. The van der Waals surface area contributed by atoms with Crippen molar-refractivity contribution in [1.29, 1.82) is 0 Å². The van der Waals surface area contributed by atoms with Crippen LogP contribution in [0.25, 0.3) is 0 Å². The maximum absolute atomic E-state index is 13.0. The monoisotopic (exact) mass is 456 g/mol. The van der Waals surface area contributed by atoms with Crippen LogP contribution in [0.5, 0.6) is 0 Å². The Morgan fingerprint density at radius 3 is 2.35 bits per heavy atom. The third kappa shape index (κ3) is 5.27. The molecule has 3 rings (SSSR count). The average Bonchev–Trinajstić information content (AvgIpc) is 2.69. The summed E-state index contributed by atoms with van der Waals surface area (Å²) < 4.78 is 28.4. The van der Waals surface area contributed by atoms with Crippen LogP contribution in [-0.4, -0.2) is 14.3 Å². The molecule has 0 aromatic heterocycles. The first-order chi connectivity index (χ1) is 14.6. The summed E-state index contributed by atoms with van der Waals surface area (Å²) in [6, 6.07) is 17.1. The summed E-state index contributed by atoms with van der Waals surface area (Å²) in [7, 11) is -3.98. The number of nitrogens with one attached hydrogen (secondary N) is 2. The fourth-order valence-corrected chi connectivity index (χ4v) is 4.87. The van der Waals surface area contributed by atoms with Gasteiger partial charge in [0.1, 0.15) is 4.90 Å². The minimum atomic E-state index is -3.98. The van der Waals surface area contributed by atoms with Crippen molar-refractivity contribution in [1.82, 2.24) is 0 Å². The van der Waals surface area contributed by atoms with Crippen molar-refractivity contribution in [3.8, 4) is 0 Å². The van der Waals surface area contributed by atoms with Gasteiger partial charge in [0.25, 0.3) is 15.9 Å². The molecule has 0 bridgehead atoms. The van der Waals surface area contributed by atoms with Gasteiger partial charge < -0.3 is 5.32 Å². The Hall–Kier alpha value is -2.83. The van der Waals surface area contributed by atoms with Gasteiger partial charge in [-0.3, -0.25) is 9.52 Å². The fraction of sp³-hybridized carbons (Fsp3) is 0.208. The molecule has 7 heteroatoms. The quantitative estimate of drug-likeness (QED) is 0.468. The van der Waals surface area contributed by atoms with E-state index in [0.29, 0.717) is 5.69 Å². The smallest absolute Gasteiger partial charge is 0.263 e. The summed E-state index contributed by atoms with van der Waals surface area (Å²) >= 11 is 6.18. The van der Waals surface area contributed by atoms with E-state index >= 15 is 0 Å². The highest BCUT2D eigenvalue weighted by Gasteiger charge is 2.21. The van der Waals surface area contributed by atoms with Crippen LogP contribution in [0, 0.1) is 13.8 Å². The number of rotatable bonds is 6. The van der Waals surface area contributed by atoms with Gasteiger partial charge in [-0.25, -0.2) is 8.42 Å². The molecular weight excluding hydrogens is 432 g/mol. The Morgan fingerprint density at radius 2 is 1.68 bits per heavy atom. The SMILES string of the molecule is Cc1cccc(NS(=O)(=O)c2cc(C(=O)Nc3c(C)cccc3C(C)C)ccc2Cl)c1. The van der Waals surface area contributed by atoms with Gasteiger partial charge in [-0.15, -0.1) is 0 Å². The first kappa shape index (κ1) is 22.8. The average molecular weight is 457 g/mol. The van der Waals surface area contributed by atoms with Crippen molar-refractivity contribution in [2.24, 2.45) is 0 Å². The second kappa shape index (κ2) is 9.12. The van der Waals surface area contributed by atoms with Crippen molar-refractivity contribution in [3.05, 3.63) is 87.9 Å². The van der Waals surface area contributed by atoms with E-state index in [9.17, 15) is 13.2 Å². The van der Waals surface area contributed by atoms with E-state index in [1.807, 2.05) is 52.0 Å². The van der Waals surface area contributed by atoms with Gasteiger partial charge in [-0.1, -0.05) is 55.8 Å². The Morgan fingerprint density at radius 1 is 0.968 bits per heavy atom. The summed E-state index contributed by atoms with van der Waals surface area (Å²) in [5, 5.41) is 2.97. The normalized spacial score (nSPS) is 11.4. The second-order valence-corrected chi connectivity index (χ2v) is 9.83. The van der Waals surface area contributed by atoms with E-state index in [4.69, 9.17) is 11.6 Å². The zero-order chi connectivity index (χ0) is 22.8. The second-order valence-electron chi connectivity index (χ2n) is 7.77. The van der Waals surface area contributed by atoms with Gasteiger partial charge in [-0.2, -0.15) is 0 Å². The van der Waals surface area contributed by atoms with Crippen LogP contribution in [0.2, 0.25) is 5.02 Å². The molecule has 0 heterocycles. The molecule has 0 radical (unpaired) electrons. The summed E-state index contributed by atoms with van der Waals surface area (Å²) in [6.45, 7) is 7.89. The molecule has 5 nitrogen and oxygen atoms in total. The van der Waals surface area contributed by atoms with Gasteiger partial charge in [0, 0.05) is 16.9 Å². The van der Waals surface area contributed by atoms with Crippen LogP contribution in [0.4, 0.5) is 11.4 Å². The number of carbonyl (C=O) groups excluding carboxylic acids is 1. The number of hydrogen-bond donors (Lipinski definition) is 2. The number of para-hydroxylation sites is 1. The van der Waals surface area contributed by atoms with Gasteiger partial charge >= 0.3 is 0 Å². The van der Waals surface area contributed by atoms with Crippen molar-refractivity contribution in [2.45, 2.75) is 38.5 Å². The highest BCUT2D eigenvalue weighted by molar-refractivity contribution is 7.92. The minimum Gasteiger partial charge on any atom is -0.321 e. The maximum atomic E-state index is 13.0. The first-order valence-electron chi connectivity index (χ1n) is 9.88. The molecule has 0 aliphatic rings. The fourth-order valence-electron chi connectivity index (χ4n) is 3.30. The number of sulfonamides is 1. The largest absolute Gasteiger partial charge is 0.321 e. The molecule has 0 saturated carbocycles. The van der Waals surface area contributed by atoms with Gasteiger partial charge in [0.15, 0.2) is 0 Å². The lowest BCUT2D eigenvalue weighted by Crippen LogP contribution is -2.17. The third-order valence-electron chi connectivity index (χ3n) is 4.92. The van der Waals surface area contributed by atoms with Crippen molar-refractivity contribution in [3.63, 3.8) is 0 Å². The number of aryl methyl sites for hydroxylation is 2. The van der Waals surface area contributed by atoms with Crippen molar-refractivity contribution in [2.75, 3.05) is 10.0 Å². The van der Waals surface area contributed by atoms with Crippen molar-refractivity contribution >= 4 is 38.9 Å². The Kier molecular flexibility index (Phi) is 6.72. The van der Waals surface area contributed by atoms with Crippen LogP contribution in [0.3, 0.4) is 0 Å². The first-order valence-corrected chi connectivity index (χ1v) is 11.7. The molecule has 0 aliphatic carbocycles. The summed E-state index contributed by atoms with van der Waals surface area (Å²) in [6.07, 6.45) is 0. The van der Waals surface area contributed by atoms with Gasteiger partial charge in [0.2, 0.25) is 0 Å². The van der Waals surface area contributed by atoms with Gasteiger partial charge in [-0.05, 0) is 66.8 Å². The third-order valence-corrected chi connectivity index (χ3v) is 6.78. The molecule has 0 aliphatic heterocycles. The molecule has 0 unspecified atom stereocenters. The highest BCUT2D eigenvalue weighted by Crippen LogP contribution is 2.29. The number of hydrogen-bond acceptors (Lipinski definition) is 3. The summed E-state index contributed by atoms with van der Waals surface area (Å²) in [5.74, 6) is -0.185. The van der Waals surface area contributed by atoms with Crippen LogP contribution < -0.4 is 10.0 Å². The number of amides is 1. The number of halogens is 1. The zero-order valence-corrected chi connectivity index (χ0v) is 19.4. The Balaban J connectivity index is 1.93. The number of carbonyl (C=O) groups is 1. The number of benzene rings is 3. The van der Waals surface area contributed by atoms with E-state index in [1.165, 1.54) is 18.2 Å². The molecule has 0 atom stereocenters. The highest BCUT2D eigenvalue weighted by atomic mass is 35.5. The molecule has 0 saturated heterocycles. The molecule has 1 amide bonds. The standard InChI is InChI=1S/C24H25ClN2O3S/c1-15(2)20-10-6-8-17(4)23(20)26-24(28)18-11-12-21(25)22(14-18)31(29,30)27-19-9-5-7-16(3)13-19/h5-15,27H,1-4H3,(H,26,28). The molecule has 162 valence electrons. The van der Waals surface area contributed by atoms with Crippen molar-refractivity contribution < 1.29 is 13.2 Å². The van der Waals surface area contributed by atoms with Crippen LogP contribution in [0.1, 0.15) is 46.8 Å². The van der Waals surface area contributed by atoms with E-state index < -0.39 is 15.9 Å². The molecule has 0 spiro atoms. The van der Waals surface area contributed by atoms with Crippen LogP contribution in [-0.2, 0) is 10.0 Å². The minimum absolute atomic E-state index is 0.0375. The van der Waals surface area contributed by atoms with Crippen LogP contribution >= 0.6 is 11.6 Å². The topological polar surface area (TPSA) is 75.3 Å². The summed E-state index contributed by atoms with van der Waals surface area (Å²) in [4.78, 5) is 12.8. The van der Waals surface area contributed by atoms with Crippen LogP contribution in [0.15, 0.2) is 65.6 Å². The Labute approximate surface area is 188 Å². The molecule has 3 aromatic carbocycles. The molecule has 2 N–H and O–H groups in total. The van der Waals surface area contributed by atoms with E-state index in [2.05, 4.69) is 10.0 Å². The Bertz CT molecular complexity index is 1240. The van der Waals surface area contributed by atoms with E-state index in [1.54, 1.807) is 18.2 Å². The zero-order valence-electron chi connectivity index (χ0n) is 17.9.